The van der Waals surface area contributed by atoms with Gasteiger partial charge in [0.25, 0.3) is 0 Å². The molecule has 0 atom stereocenters. The summed E-state index contributed by atoms with van der Waals surface area (Å²) in [6.45, 7) is 0. The van der Waals surface area contributed by atoms with Gasteiger partial charge in [0.2, 0.25) is 0 Å². The fourth-order valence-electron chi connectivity index (χ4n) is 2.01. The van der Waals surface area contributed by atoms with E-state index in [0.717, 1.165) is 16.3 Å². The molecule has 1 aliphatic heterocycles. The molecule has 1 aromatic carbocycles. The second-order valence-corrected chi connectivity index (χ2v) is 5.58. The Morgan fingerprint density at radius 3 is 2.70 bits per heavy atom. The van der Waals surface area contributed by atoms with E-state index >= 15 is 0 Å². The molecule has 0 unspecified atom stereocenters. The zero-order valence-corrected chi connectivity index (χ0v) is 12.0. The van der Waals surface area contributed by atoms with Gasteiger partial charge in [0.05, 0.1) is 17.0 Å². The van der Waals surface area contributed by atoms with Crippen LogP contribution in [0.5, 0.6) is 0 Å². The molecule has 0 bridgehead atoms. The maximum absolute atomic E-state index is 9.33. The summed E-state index contributed by atoms with van der Waals surface area (Å²) in [4.78, 5) is 9.54. The molecule has 0 amide bonds. The maximum atomic E-state index is 9.33. The number of thiocarbonyl (C=S) groups is 1. The lowest BCUT2D eigenvalue weighted by molar-refractivity contribution is 1.32. The number of hydrogen-bond donors (Lipinski definition) is 0. The largest absolute Gasteiger partial charge is 0.248 e. The molecule has 0 spiro atoms. The van der Waals surface area contributed by atoms with Crippen LogP contribution in [-0.4, -0.2) is 15.6 Å². The van der Waals surface area contributed by atoms with E-state index in [1.54, 1.807) is 6.20 Å². The molecule has 0 fully saturated rings. The smallest absolute Gasteiger partial charge is 0.137 e. The third kappa shape index (κ3) is 2.31. The number of thiazole rings is 1. The summed E-state index contributed by atoms with van der Waals surface area (Å²) in [6.07, 6.45) is 2.25. The van der Waals surface area contributed by atoms with Gasteiger partial charge in [-0.3, -0.25) is 0 Å². The van der Waals surface area contributed by atoms with Crippen molar-refractivity contribution in [3.8, 4) is 6.07 Å². The fourth-order valence-corrected chi connectivity index (χ4v) is 2.92. The van der Waals surface area contributed by atoms with Crippen molar-refractivity contribution in [2.24, 2.45) is 4.99 Å². The Kier molecular flexibility index (Phi) is 3.50. The second kappa shape index (κ2) is 5.45. The predicted molar refractivity (Wildman–Crippen MR) is 84.8 cm³/mol. The number of aliphatic imine (C=N–C) groups is 1. The van der Waals surface area contributed by atoms with Crippen molar-refractivity contribution in [1.82, 2.24) is 4.98 Å². The third-order valence-corrected chi connectivity index (χ3v) is 4.10. The molecule has 3 rings (SSSR count). The zero-order valence-electron chi connectivity index (χ0n) is 10.4. The van der Waals surface area contributed by atoms with E-state index in [2.05, 4.69) is 16.0 Å². The van der Waals surface area contributed by atoms with Crippen molar-refractivity contribution in [3.05, 3.63) is 58.1 Å². The van der Waals surface area contributed by atoms with E-state index in [9.17, 15) is 5.26 Å². The molecule has 96 valence electrons. The molecule has 1 aromatic heterocycles. The Hall–Kier alpha value is -2.16. The van der Waals surface area contributed by atoms with Gasteiger partial charge in [-0.15, -0.1) is 11.3 Å². The molecular formula is C15H9N3S2. The van der Waals surface area contributed by atoms with Crippen LogP contribution in [0.25, 0.3) is 5.70 Å². The highest BCUT2D eigenvalue weighted by molar-refractivity contribution is 7.81. The summed E-state index contributed by atoms with van der Waals surface area (Å²) in [6, 6.07) is 11.8. The summed E-state index contributed by atoms with van der Waals surface area (Å²) in [5, 5.41) is 12.1. The predicted octanol–water partition coefficient (Wildman–Crippen LogP) is 3.64. The van der Waals surface area contributed by atoms with Crippen molar-refractivity contribution in [1.29, 1.82) is 5.26 Å². The zero-order chi connectivity index (χ0) is 13.9. The Bertz CT molecular complexity index is 750. The fraction of sp³-hybridized carbons (Fsp3) is 0.0667. The van der Waals surface area contributed by atoms with E-state index in [0.29, 0.717) is 22.6 Å². The topological polar surface area (TPSA) is 49.0 Å². The summed E-state index contributed by atoms with van der Waals surface area (Å²) in [5.41, 5.74) is 2.88. The molecular weight excluding hydrogens is 286 g/mol. The minimum atomic E-state index is 0.492. The van der Waals surface area contributed by atoms with Gasteiger partial charge in [-0.1, -0.05) is 42.5 Å². The first-order chi connectivity index (χ1) is 9.79. The first-order valence-corrected chi connectivity index (χ1v) is 7.29. The highest BCUT2D eigenvalue weighted by atomic mass is 32.1. The van der Waals surface area contributed by atoms with Crippen molar-refractivity contribution < 1.29 is 0 Å². The Balaban J connectivity index is 2.16. The molecule has 3 nitrogen and oxygen atoms in total. The second-order valence-electron chi connectivity index (χ2n) is 4.20. The quantitative estimate of drug-likeness (QED) is 0.795. The van der Waals surface area contributed by atoms with Crippen molar-refractivity contribution >= 4 is 39.8 Å². The highest BCUT2D eigenvalue weighted by Crippen LogP contribution is 2.28. The monoisotopic (exact) mass is 295 g/mol. The van der Waals surface area contributed by atoms with Crippen LogP contribution < -0.4 is 0 Å². The molecule has 5 heteroatoms. The van der Waals surface area contributed by atoms with Gasteiger partial charge in [0, 0.05) is 28.4 Å². The van der Waals surface area contributed by atoms with Crippen LogP contribution in [0.2, 0.25) is 0 Å². The van der Waals surface area contributed by atoms with Crippen LogP contribution in [0, 0.1) is 11.3 Å². The first-order valence-electron chi connectivity index (χ1n) is 6.00. The number of nitriles is 1. The van der Waals surface area contributed by atoms with Crippen molar-refractivity contribution in [2.75, 3.05) is 0 Å². The summed E-state index contributed by atoms with van der Waals surface area (Å²) >= 11 is 6.90. The van der Waals surface area contributed by atoms with E-state index in [1.807, 2.05) is 35.7 Å². The molecule has 0 saturated heterocycles. The van der Waals surface area contributed by atoms with E-state index in [-0.39, 0.29) is 0 Å². The van der Waals surface area contributed by atoms with Gasteiger partial charge >= 0.3 is 0 Å². The molecule has 0 saturated carbocycles. The highest BCUT2D eigenvalue weighted by Gasteiger charge is 2.22. The number of benzene rings is 1. The van der Waals surface area contributed by atoms with Crippen LogP contribution in [0.3, 0.4) is 0 Å². The number of rotatable bonds is 2. The number of hydrogen-bond acceptors (Lipinski definition) is 5. The standard InChI is InChI=1S/C15H9N3S2/c16-9-11-13(19)8-12(15-17-6-7-20-15)18-14(11)10-4-2-1-3-5-10/h1-7H,8H2. The number of nitrogens with zero attached hydrogens (tertiary/aromatic N) is 3. The normalized spacial score (nSPS) is 14.9. The SMILES string of the molecule is N#CC1=C(c2ccccc2)N=C(c2nccs2)CC1=S. The molecule has 20 heavy (non-hydrogen) atoms. The van der Waals surface area contributed by atoms with E-state index in [4.69, 9.17) is 12.2 Å². The van der Waals surface area contributed by atoms with E-state index in [1.165, 1.54) is 11.3 Å². The first kappa shape index (κ1) is 12.9. The van der Waals surface area contributed by atoms with Crippen LogP contribution in [0.15, 0.2) is 52.5 Å². The van der Waals surface area contributed by atoms with Gasteiger partial charge in [-0.2, -0.15) is 5.26 Å². The third-order valence-electron chi connectivity index (χ3n) is 2.93. The lowest BCUT2D eigenvalue weighted by Crippen LogP contribution is -2.15. The van der Waals surface area contributed by atoms with Crippen LogP contribution >= 0.6 is 23.6 Å². The Labute approximate surface area is 125 Å². The summed E-state index contributed by atoms with van der Waals surface area (Å²) < 4.78 is 0. The summed E-state index contributed by atoms with van der Waals surface area (Å²) in [5.74, 6) is 0. The van der Waals surface area contributed by atoms with Crippen LogP contribution in [-0.2, 0) is 0 Å². The van der Waals surface area contributed by atoms with Gasteiger partial charge in [0.15, 0.2) is 0 Å². The molecule has 0 radical (unpaired) electrons. The van der Waals surface area contributed by atoms with Gasteiger partial charge in [0.1, 0.15) is 11.1 Å². The maximum Gasteiger partial charge on any atom is 0.137 e. The lowest BCUT2D eigenvalue weighted by atomic mass is 9.98. The number of allylic oxidation sites excluding steroid dienone is 1. The molecule has 1 aliphatic rings. The minimum Gasteiger partial charge on any atom is -0.248 e. The average molecular weight is 295 g/mol. The molecule has 0 N–H and O–H groups in total. The Morgan fingerprint density at radius 2 is 2.05 bits per heavy atom. The molecule has 2 aromatic rings. The Morgan fingerprint density at radius 1 is 1.25 bits per heavy atom. The van der Waals surface area contributed by atoms with Gasteiger partial charge in [-0.05, 0) is 0 Å². The molecule has 2 heterocycles. The number of aromatic nitrogens is 1. The lowest BCUT2D eigenvalue weighted by Gasteiger charge is -2.15. The van der Waals surface area contributed by atoms with Crippen molar-refractivity contribution in [2.45, 2.75) is 6.42 Å². The van der Waals surface area contributed by atoms with E-state index < -0.39 is 0 Å². The minimum absolute atomic E-state index is 0.492. The van der Waals surface area contributed by atoms with Crippen molar-refractivity contribution in [3.63, 3.8) is 0 Å². The van der Waals surface area contributed by atoms with Crippen LogP contribution in [0.4, 0.5) is 0 Å². The van der Waals surface area contributed by atoms with Gasteiger partial charge < -0.3 is 0 Å². The van der Waals surface area contributed by atoms with Gasteiger partial charge in [-0.25, -0.2) is 9.98 Å². The summed E-state index contributed by atoms with van der Waals surface area (Å²) in [7, 11) is 0. The average Bonchev–Trinajstić information content (AvgIpc) is 3.01. The van der Waals surface area contributed by atoms with Crippen LogP contribution in [0.1, 0.15) is 17.0 Å². The molecule has 0 aliphatic carbocycles.